The number of aromatic nitrogens is 8. The molecule has 408 valence electrons. The Hall–Kier alpha value is -6.81. The summed E-state index contributed by atoms with van der Waals surface area (Å²) in [7, 11) is -1.66. The molecule has 0 bridgehead atoms. The highest BCUT2D eigenvalue weighted by molar-refractivity contribution is 6.79. The Morgan fingerprint density at radius 2 is 1.56 bits per heavy atom. The summed E-state index contributed by atoms with van der Waals surface area (Å²) in [6, 6.07) is 7.11. The van der Waals surface area contributed by atoms with E-state index in [2.05, 4.69) is 89.6 Å². The molecule has 1 unspecified atom stereocenters. The van der Waals surface area contributed by atoms with E-state index >= 15 is 0 Å². The molecule has 7 N–H and O–H groups in total. The highest BCUT2D eigenvalue weighted by atomic mass is 28.3. The molecule has 2 amide bonds. The van der Waals surface area contributed by atoms with Crippen molar-refractivity contribution in [3.8, 4) is 0 Å². The lowest BCUT2D eigenvalue weighted by atomic mass is 9.84. The molecule has 2 atom stereocenters. The van der Waals surface area contributed by atoms with Crippen molar-refractivity contribution in [1.29, 1.82) is 0 Å². The fraction of sp³-hybridized carbons (Fsp3) is 0.566. The Balaban J connectivity index is 0.973. The van der Waals surface area contributed by atoms with E-state index in [0.29, 0.717) is 42.2 Å². The first-order valence-electron chi connectivity index (χ1n) is 26.3. The highest BCUT2D eigenvalue weighted by Crippen LogP contribution is 2.25. The van der Waals surface area contributed by atoms with Crippen LogP contribution in [-0.2, 0) is 41.9 Å². The van der Waals surface area contributed by atoms with Crippen LogP contribution in [0.3, 0.4) is 0 Å². The Kier molecular flexibility index (Phi) is 23.1. The van der Waals surface area contributed by atoms with Gasteiger partial charge >= 0.3 is 11.9 Å². The third-order valence-corrected chi connectivity index (χ3v) is 13.6. The molecule has 0 saturated heterocycles. The van der Waals surface area contributed by atoms with Gasteiger partial charge in [0.05, 0.1) is 39.4 Å². The number of hydrogen-bond donors (Lipinski definition) is 6. The Morgan fingerprint density at radius 1 is 0.827 bits per heavy atom. The maximum Gasteiger partial charge on any atom is 0.306 e. The number of nitrogen functional groups attached to an aromatic ring is 1. The van der Waals surface area contributed by atoms with Crippen LogP contribution in [0.25, 0.3) is 22.3 Å². The number of amides is 2. The maximum absolute atomic E-state index is 13.5. The lowest BCUT2D eigenvalue weighted by Crippen LogP contribution is -2.44. The number of esters is 2. The number of rotatable bonds is 32. The van der Waals surface area contributed by atoms with Crippen LogP contribution in [0.1, 0.15) is 140 Å². The van der Waals surface area contributed by atoms with E-state index in [1.54, 1.807) is 28.8 Å². The molecule has 5 rings (SSSR count). The van der Waals surface area contributed by atoms with Crippen LogP contribution in [-0.4, -0.2) is 96.6 Å². The summed E-state index contributed by atoms with van der Waals surface area (Å²) < 4.78 is 18.5. The molecule has 1 aromatic carbocycles. The number of hydrogen-bond acceptors (Lipinski definition) is 16. The number of ether oxygens (including phenoxy) is 3. The van der Waals surface area contributed by atoms with Gasteiger partial charge in [-0.3, -0.25) is 48.6 Å². The zero-order valence-electron chi connectivity index (χ0n) is 44.9. The predicted molar refractivity (Wildman–Crippen MR) is 293 cm³/mol. The van der Waals surface area contributed by atoms with Gasteiger partial charge in [0, 0.05) is 42.6 Å². The SMILES string of the molecule is CCCCCC[C@H](C/C=C\CCCCCCCC(=O)OCCOCn1cnc2c(=O)[nH]c(N)nc21)OC(=O)CCC(NC(=O)c1ccc(NCc2cnc3nc(NC(=O)C[Si](C)(C)C)[nH]c(=O)c3n2)cc1)C(C)(C)C. The molecular formula is C53H78N12O9Si. The van der Waals surface area contributed by atoms with Gasteiger partial charge in [-0.05, 0) is 68.2 Å². The molecule has 0 spiro atoms. The van der Waals surface area contributed by atoms with Crippen LogP contribution < -0.4 is 32.8 Å². The van der Waals surface area contributed by atoms with E-state index in [9.17, 15) is 28.8 Å². The van der Waals surface area contributed by atoms with E-state index in [0.717, 1.165) is 76.3 Å². The fourth-order valence-electron chi connectivity index (χ4n) is 8.12. The molecule has 0 radical (unpaired) electrons. The van der Waals surface area contributed by atoms with Crippen molar-refractivity contribution in [3.63, 3.8) is 0 Å². The van der Waals surface area contributed by atoms with E-state index < -0.39 is 19.2 Å². The second kappa shape index (κ2) is 29.3. The van der Waals surface area contributed by atoms with Crippen molar-refractivity contribution in [2.45, 2.75) is 175 Å². The summed E-state index contributed by atoms with van der Waals surface area (Å²) in [6.45, 7) is 15.2. The van der Waals surface area contributed by atoms with Gasteiger partial charge in [-0.25, -0.2) is 15.0 Å². The van der Waals surface area contributed by atoms with Gasteiger partial charge in [0.2, 0.25) is 17.8 Å². The van der Waals surface area contributed by atoms with Crippen molar-refractivity contribution >= 4 is 71.7 Å². The van der Waals surface area contributed by atoms with Crippen molar-refractivity contribution in [1.82, 2.24) is 44.8 Å². The number of nitrogens with zero attached hydrogens (tertiary/aromatic N) is 6. The van der Waals surface area contributed by atoms with Gasteiger partial charge in [-0.15, -0.1) is 0 Å². The molecule has 0 aliphatic rings. The summed E-state index contributed by atoms with van der Waals surface area (Å²) in [6.07, 6.45) is 19.4. The molecule has 4 aromatic heterocycles. The zero-order chi connectivity index (χ0) is 54.4. The molecule has 0 saturated carbocycles. The average Bonchev–Trinajstić information content (AvgIpc) is 3.75. The summed E-state index contributed by atoms with van der Waals surface area (Å²) in [4.78, 5) is 102. The summed E-state index contributed by atoms with van der Waals surface area (Å²) in [5, 5.41) is 9.06. The molecular weight excluding hydrogens is 977 g/mol. The minimum Gasteiger partial charge on any atom is -0.463 e. The molecule has 75 heavy (non-hydrogen) atoms. The Labute approximate surface area is 439 Å². The number of carbonyl (C=O) groups excluding carboxylic acids is 4. The molecule has 0 aliphatic heterocycles. The van der Waals surface area contributed by atoms with E-state index in [1.165, 1.54) is 12.5 Å². The number of aromatic amines is 2. The number of fused-ring (bicyclic) bond motifs is 2. The molecule has 4 heterocycles. The third-order valence-electron chi connectivity index (χ3n) is 12.2. The second-order valence-corrected chi connectivity index (χ2v) is 26.6. The number of carbonyl (C=O) groups is 4. The van der Waals surface area contributed by atoms with Gasteiger partial charge < -0.3 is 30.6 Å². The van der Waals surface area contributed by atoms with Crippen LogP contribution >= 0.6 is 0 Å². The van der Waals surface area contributed by atoms with Gasteiger partial charge in [0.15, 0.2) is 22.3 Å². The first-order chi connectivity index (χ1) is 35.8. The normalized spacial score (nSPS) is 12.7. The number of allylic oxidation sites excluding steroid dienone is 1. The number of imidazole rings is 1. The number of nitrogens with two attached hydrogens (primary N) is 1. The maximum atomic E-state index is 13.5. The zero-order valence-corrected chi connectivity index (χ0v) is 45.9. The largest absolute Gasteiger partial charge is 0.463 e. The molecule has 0 fully saturated rings. The van der Waals surface area contributed by atoms with Gasteiger partial charge in [0.1, 0.15) is 19.4 Å². The minimum atomic E-state index is -1.66. The van der Waals surface area contributed by atoms with Crippen LogP contribution in [0.2, 0.25) is 25.7 Å². The van der Waals surface area contributed by atoms with Gasteiger partial charge in [0.25, 0.3) is 17.0 Å². The quantitative estimate of drug-likeness (QED) is 0.0102. The van der Waals surface area contributed by atoms with Crippen molar-refractivity contribution < 1.29 is 33.4 Å². The molecule has 22 heteroatoms. The van der Waals surface area contributed by atoms with E-state index in [-0.39, 0.29) is 103 Å². The highest BCUT2D eigenvalue weighted by Gasteiger charge is 2.28. The Bertz CT molecular complexity index is 2800. The molecule has 0 aliphatic carbocycles. The standard InChI is InChI=1S/C53H78N12O9Si/c1-8-9-10-17-20-39(21-18-15-13-11-12-14-16-19-22-42(67)73-30-29-72-35-65-34-57-45-47(65)62-51(54)63-50(45)71)74-43(68)28-27-40(53(2,3)4)59-48(69)36-23-25-37(26-24-36)55-31-38-32-56-46-44(58-38)49(70)64-52(61-46)60-41(66)33-75(5,6)7/h15,18,23-26,32,34,39-40,55H,8-14,16-17,19-22,27-31,33,35H2,1-7H3,(H,59,69)(H3,54,62,63,71)(H2,56,60,61,64,66,70)/b18-15-/t39-,40?/m1/s1. The van der Waals surface area contributed by atoms with Crippen LogP contribution in [0.4, 0.5) is 17.6 Å². The molecule has 21 nitrogen and oxygen atoms in total. The number of H-pyrrole nitrogens is 2. The first kappa shape index (κ1) is 59.1. The average molecular weight is 1060 g/mol. The fourth-order valence-corrected chi connectivity index (χ4v) is 9.18. The van der Waals surface area contributed by atoms with Crippen LogP contribution in [0, 0.1) is 5.41 Å². The van der Waals surface area contributed by atoms with E-state index in [4.69, 9.17) is 19.9 Å². The minimum absolute atomic E-state index is 0.0103. The summed E-state index contributed by atoms with van der Waals surface area (Å²) >= 11 is 0. The third kappa shape index (κ3) is 20.8. The first-order valence-corrected chi connectivity index (χ1v) is 30.0. The lowest BCUT2D eigenvalue weighted by molar-refractivity contribution is -0.149. The molecule has 5 aromatic rings. The van der Waals surface area contributed by atoms with Crippen LogP contribution in [0.15, 0.2) is 58.5 Å². The van der Waals surface area contributed by atoms with Crippen molar-refractivity contribution in [2.75, 3.05) is 29.6 Å². The number of unbranched alkanes of at least 4 members (excludes halogenated alkanes) is 8. The van der Waals surface area contributed by atoms with Gasteiger partial charge in [-0.1, -0.05) is 98.0 Å². The number of benzene rings is 1. The van der Waals surface area contributed by atoms with E-state index in [1.807, 2.05) is 20.8 Å². The monoisotopic (exact) mass is 1050 g/mol. The smallest absolute Gasteiger partial charge is 0.306 e. The predicted octanol–water partition coefficient (Wildman–Crippen LogP) is 8.32. The summed E-state index contributed by atoms with van der Waals surface area (Å²) in [5.41, 5.74) is 6.72. The van der Waals surface area contributed by atoms with Crippen molar-refractivity contribution in [3.05, 3.63) is 80.9 Å². The Morgan fingerprint density at radius 3 is 2.31 bits per heavy atom. The van der Waals surface area contributed by atoms with Gasteiger partial charge in [-0.2, -0.15) is 9.97 Å². The van der Waals surface area contributed by atoms with Crippen LogP contribution in [0.5, 0.6) is 0 Å². The van der Waals surface area contributed by atoms with Crippen molar-refractivity contribution in [2.24, 2.45) is 5.41 Å². The second-order valence-electron chi connectivity index (χ2n) is 21.2. The topological polar surface area (TPSA) is 293 Å². The number of nitrogens with one attached hydrogen (secondary N) is 5. The summed E-state index contributed by atoms with van der Waals surface area (Å²) in [5.74, 6) is -0.968. The lowest BCUT2D eigenvalue weighted by Gasteiger charge is -2.31. The number of anilines is 3.